The van der Waals surface area contributed by atoms with Gasteiger partial charge in [-0.1, -0.05) is 30.3 Å². The van der Waals surface area contributed by atoms with Crippen molar-refractivity contribution in [3.05, 3.63) is 42.0 Å². The summed E-state index contributed by atoms with van der Waals surface area (Å²) in [6.07, 6.45) is 2.84. The number of carbonyl (C=O) groups is 2. The molecule has 1 aromatic rings. The average Bonchev–Trinajstić information content (AvgIpc) is 2.37. The van der Waals surface area contributed by atoms with Crippen molar-refractivity contribution >= 4 is 18.0 Å². The number of hydrogen-bond acceptors (Lipinski definition) is 3. The third-order valence-electron chi connectivity index (χ3n) is 2.26. The van der Waals surface area contributed by atoms with Crippen LogP contribution in [0.5, 0.6) is 0 Å². The van der Waals surface area contributed by atoms with E-state index in [0.29, 0.717) is 0 Å². The molecule has 1 atom stereocenters. The van der Waals surface area contributed by atoms with Crippen molar-refractivity contribution in [1.29, 1.82) is 0 Å². The molecule has 0 saturated carbocycles. The van der Waals surface area contributed by atoms with Gasteiger partial charge in [-0.25, -0.2) is 4.79 Å². The molecule has 5 heteroatoms. The van der Waals surface area contributed by atoms with Crippen molar-refractivity contribution in [2.75, 3.05) is 6.61 Å². The highest BCUT2D eigenvalue weighted by Gasteiger charge is 2.17. The standard InChI is InChI=1S/C13H15NO4/c15-9-8-11(13(17)18)14-12(16)7-6-10-4-2-1-3-5-10/h1-7,11,15H,8-9H2,(H,14,16)(H,17,18)/b7-6+/t11-/m0/s1. The maximum atomic E-state index is 11.5. The SMILES string of the molecule is O=C(/C=C/c1ccccc1)N[C@@H](CCO)C(=O)O. The number of rotatable bonds is 6. The molecule has 0 spiro atoms. The molecule has 5 nitrogen and oxygen atoms in total. The number of carboxylic acid groups (broad SMARTS) is 1. The largest absolute Gasteiger partial charge is 0.480 e. The van der Waals surface area contributed by atoms with Crippen molar-refractivity contribution in [3.8, 4) is 0 Å². The molecule has 0 aliphatic heterocycles. The minimum absolute atomic E-state index is 0.0136. The Morgan fingerprint density at radius 1 is 1.28 bits per heavy atom. The molecule has 1 aromatic carbocycles. The number of benzene rings is 1. The Hall–Kier alpha value is -2.14. The van der Waals surface area contributed by atoms with E-state index in [0.717, 1.165) is 5.56 Å². The molecule has 0 radical (unpaired) electrons. The number of aliphatic carboxylic acids is 1. The summed E-state index contributed by atoms with van der Waals surface area (Å²) >= 11 is 0. The van der Waals surface area contributed by atoms with Crippen LogP contribution < -0.4 is 5.32 Å². The molecule has 18 heavy (non-hydrogen) atoms. The van der Waals surface area contributed by atoms with Crippen LogP contribution in [-0.2, 0) is 9.59 Å². The number of amides is 1. The van der Waals surface area contributed by atoms with Gasteiger partial charge in [0.05, 0.1) is 0 Å². The number of aliphatic hydroxyl groups is 1. The van der Waals surface area contributed by atoms with Gasteiger partial charge in [-0.2, -0.15) is 0 Å². The van der Waals surface area contributed by atoms with Crippen molar-refractivity contribution in [2.24, 2.45) is 0 Å². The molecule has 1 amide bonds. The number of nitrogens with one attached hydrogen (secondary N) is 1. The van der Waals surface area contributed by atoms with Gasteiger partial charge in [0.25, 0.3) is 0 Å². The lowest BCUT2D eigenvalue weighted by Gasteiger charge is -2.11. The summed E-state index contributed by atoms with van der Waals surface area (Å²) in [4.78, 5) is 22.2. The molecule has 0 aromatic heterocycles. The van der Waals surface area contributed by atoms with Crippen molar-refractivity contribution in [2.45, 2.75) is 12.5 Å². The van der Waals surface area contributed by atoms with E-state index in [2.05, 4.69) is 5.32 Å². The summed E-state index contributed by atoms with van der Waals surface area (Å²) in [5, 5.41) is 19.8. The first-order chi connectivity index (χ1) is 8.63. The molecular formula is C13H15NO4. The molecule has 0 aliphatic rings. The van der Waals surface area contributed by atoms with E-state index in [1.54, 1.807) is 6.08 Å². The summed E-state index contributed by atoms with van der Waals surface area (Å²) in [5.74, 6) is -1.66. The Morgan fingerprint density at radius 2 is 1.94 bits per heavy atom. The minimum Gasteiger partial charge on any atom is -0.480 e. The van der Waals surface area contributed by atoms with Crippen LogP contribution in [0, 0.1) is 0 Å². The van der Waals surface area contributed by atoms with Crippen LogP contribution >= 0.6 is 0 Å². The lowest BCUT2D eigenvalue weighted by atomic mass is 10.2. The van der Waals surface area contributed by atoms with Crippen LogP contribution in [0.2, 0.25) is 0 Å². The topological polar surface area (TPSA) is 86.6 Å². The van der Waals surface area contributed by atoms with Crippen molar-refractivity contribution in [3.63, 3.8) is 0 Å². The molecule has 0 unspecified atom stereocenters. The maximum Gasteiger partial charge on any atom is 0.326 e. The van der Waals surface area contributed by atoms with Gasteiger partial charge in [0, 0.05) is 19.1 Å². The number of hydrogen-bond donors (Lipinski definition) is 3. The van der Waals surface area contributed by atoms with Crippen LogP contribution in [0.3, 0.4) is 0 Å². The fourth-order valence-electron chi connectivity index (χ4n) is 1.34. The first-order valence-electron chi connectivity index (χ1n) is 5.51. The van der Waals surface area contributed by atoms with Crippen LogP contribution in [0.1, 0.15) is 12.0 Å². The fraction of sp³-hybridized carbons (Fsp3) is 0.231. The van der Waals surface area contributed by atoms with E-state index in [4.69, 9.17) is 10.2 Å². The number of aliphatic hydroxyl groups excluding tert-OH is 1. The lowest BCUT2D eigenvalue weighted by Crippen LogP contribution is -2.40. The van der Waals surface area contributed by atoms with Gasteiger partial charge in [0.15, 0.2) is 0 Å². The first kappa shape index (κ1) is 13.9. The van der Waals surface area contributed by atoms with E-state index in [-0.39, 0.29) is 13.0 Å². The van der Waals surface area contributed by atoms with Crippen LogP contribution in [0.25, 0.3) is 6.08 Å². The monoisotopic (exact) mass is 249 g/mol. The Balaban J connectivity index is 2.55. The zero-order chi connectivity index (χ0) is 13.4. The zero-order valence-electron chi connectivity index (χ0n) is 9.74. The number of carboxylic acids is 1. The maximum absolute atomic E-state index is 11.5. The normalized spacial score (nSPS) is 12.3. The van der Waals surface area contributed by atoms with Gasteiger partial charge in [-0.05, 0) is 11.6 Å². The van der Waals surface area contributed by atoms with Gasteiger partial charge in [-0.3, -0.25) is 4.79 Å². The average molecular weight is 249 g/mol. The van der Waals surface area contributed by atoms with Crippen LogP contribution in [-0.4, -0.2) is 34.7 Å². The Bertz CT molecular complexity index is 428. The molecular weight excluding hydrogens is 234 g/mol. The number of carbonyl (C=O) groups excluding carboxylic acids is 1. The van der Waals surface area contributed by atoms with E-state index in [1.165, 1.54) is 6.08 Å². The van der Waals surface area contributed by atoms with E-state index in [9.17, 15) is 9.59 Å². The predicted octanol–water partition coefficient (Wildman–Crippen LogP) is 0.652. The predicted molar refractivity (Wildman–Crippen MR) is 66.7 cm³/mol. The smallest absolute Gasteiger partial charge is 0.326 e. The molecule has 0 bridgehead atoms. The molecule has 0 heterocycles. The molecule has 0 aliphatic carbocycles. The molecule has 0 fully saturated rings. The van der Waals surface area contributed by atoms with Crippen molar-refractivity contribution in [1.82, 2.24) is 5.32 Å². The Kier molecular flexibility index (Phi) is 5.60. The van der Waals surface area contributed by atoms with E-state index < -0.39 is 17.9 Å². The van der Waals surface area contributed by atoms with Crippen LogP contribution in [0.15, 0.2) is 36.4 Å². The second kappa shape index (κ2) is 7.24. The Morgan fingerprint density at radius 3 is 2.50 bits per heavy atom. The Labute approximate surface area is 105 Å². The van der Waals surface area contributed by atoms with Crippen molar-refractivity contribution < 1.29 is 19.8 Å². The summed E-state index contributed by atoms with van der Waals surface area (Å²) in [6.45, 7) is -0.292. The zero-order valence-corrected chi connectivity index (χ0v) is 9.74. The highest BCUT2D eigenvalue weighted by molar-refractivity contribution is 5.94. The second-order valence-corrected chi connectivity index (χ2v) is 3.66. The van der Waals surface area contributed by atoms with Gasteiger partial charge in [-0.15, -0.1) is 0 Å². The summed E-state index contributed by atoms with van der Waals surface area (Å²) < 4.78 is 0. The summed E-state index contributed by atoms with van der Waals surface area (Å²) in [6, 6.07) is 8.12. The van der Waals surface area contributed by atoms with Gasteiger partial charge < -0.3 is 15.5 Å². The molecule has 3 N–H and O–H groups in total. The van der Waals surface area contributed by atoms with Gasteiger partial charge in [0.2, 0.25) is 5.91 Å². The summed E-state index contributed by atoms with van der Waals surface area (Å²) in [5.41, 5.74) is 0.849. The third-order valence-corrected chi connectivity index (χ3v) is 2.26. The summed E-state index contributed by atoms with van der Waals surface area (Å²) in [7, 11) is 0. The molecule has 1 rings (SSSR count). The minimum atomic E-state index is -1.16. The van der Waals surface area contributed by atoms with Gasteiger partial charge in [0.1, 0.15) is 6.04 Å². The lowest BCUT2D eigenvalue weighted by molar-refractivity contribution is -0.141. The highest BCUT2D eigenvalue weighted by atomic mass is 16.4. The quantitative estimate of drug-likeness (QED) is 0.646. The third kappa shape index (κ3) is 4.80. The van der Waals surface area contributed by atoms with E-state index in [1.807, 2.05) is 30.3 Å². The second-order valence-electron chi connectivity index (χ2n) is 3.66. The molecule has 0 saturated heterocycles. The van der Waals surface area contributed by atoms with Gasteiger partial charge >= 0.3 is 5.97 Å². The molecule has 96 valence electrons. The fourth-order valence-corrected chi connectivity index (χ4v) is 1.34. The first-order valence-corrected chi connectivity index (χ1v) is 5.51. The van der Waals surface area contributed by atoms with Crippen LogP contribution in [0.4, 0.5) is 0 Å². The highest BCUT2D eigenvalue weighted by Crippen LogP contribution is 2.01. The van der Waals surface area contributed by atoms with E-state index >= 15 is 0 Å².